The molecule has 0 unspecified atom stereocenters. The zero-order valence-corrected chi connectivity index (χ0v) is 9.65. The maximum absolute atomic E-state index is 13.5. The molecule has 0 bridgehead atoms. The van der Waals surface area contributed by atoms with Gasteiger partial charge in [-0.3, -0.25) is 0 Å². The lowest BCUT2D eigenvalue weighted by Crippen LogP contribution is -2.06. The summed E-state index contributed by atoms with van der Waals surface area (Å²) >= 11 is 0. The molecule has 0 spiro atoms. The van der Waals surface area contributed by atoms with Crippen molar-refractivity contribution in [1.82, 2.24) is 0 Å². The largest absolute Gasteiger partial charge is 0.478 e. The molecule has 0 fully saturated rings. The molecule has 98 valence electrons. The molecule has 0 saturated carbocycles. The monoisotopic (exact) mass is 264 g/mol. The number of hydrogen-bond acceptors (Lipinski definition) is 3. The van der Waals surface area contributed by atoms with Crippen LogP contribution in [0.25, 0.3) is 0 Å². The van der Waals surface area contributed by atoms with E-state index in [4.69, 9.17) is 10.8 Å². The third-order valence-electron chi connectivity index (χ3n) is 2.56. The Labute approximate surface area is 107 Å². The van der Waals surface area contributed by atoms with Crippen molar-refractivity contribution in [1.29, 1.82) is 0 Å². The van der Waals surface area contributed by atoms with Crippen molar-refractivity contribution < 1.29 is 18.7 Å². The normalized spacial score (nSPS) is 10.2. The fraction of sp³-hybridized carbons (Fsp3) is 0. The van der Waals surface area contributed by atoms with E-state index in [-0.39, 0.29) is 22.6 Å². The summed E-state index contributed by atoms with van der Waals surface area (Å²) in [6.45, 7) is 0. The molecular formula is C13H10F2N2O2. The molecule has 0 saturated heterocycles. The molecule has 0 heterocycles. The Kier molecular flexibility index (Phi) is 3.33. The number of nitrogens with one attached hydrogen (secondary N) is 1. The van der Waals surface area contributed by atoms with Gasteiger partial charge in [0.25, 0.3) is 0 Å². The van der Waals surface area contributed by atoms with E-state index in [0.717, 1.165) is 12.1 Å². The van der Waals surface area contributed by atoms with Gasteiger partial charge in [0.2, 0.25) is 0 Å². The van der Waals surface area contributed by atoms with Crippen molar-refractivity contribution in [3.05, 3.63) is 53.6 Å². The van der Waals surface area contributed by atoms with E-state index in [2.05, 4.69) is 5.32 Å². The van der Waals surface area contributed by atoms with Crippen molar-refractivity contribution in [2.45, 2.75) is 0 Å². The number of carboxylic acid groups (broad SMARTS) is 1. The predicted octanol–water partition coefficient (Wildman–Crippen LogP) is 2.99. The highest BCUT2D eigenvalue weighted by Crippen LogP contribution is 2.29. The zero-order valence-electron chi connectivity index (χ0n) is 9.65. The number of nitrogens with two attached hydrogens (primary N) is 1. The van der Waals surface area contributed by atoms with Gasteiger partial charge in [0.1, 0.15) is 17.3 Å². The van der Waals surface area contributed by atoms with E-state index >= 15 is 0 Å². The molecule has 0 atom stereocenters. The molecule has 2 aromatic carbocycles. The number of carbonyl (C=O) groups is 1. The summed E-state index contributed by atoms with van der Waals surface area (Å²) in [4.78, 5) is 10.9. The van der Waals surface area contributed by atoms with Crippen LogP contribution in [-0.2, 0) is 0 Å². The Balaban J connectivity index is 2.45. The lowest BCUT2D eigenvalue weighted by atomic mass is 10.1. The number of para-hydroxylation sites is 2. The van der Waals surface area contributed by atoms with Crippen LogP contribution in [0.5, 0.6) is 0 Å². The SMILES string of the molecule is Nc1c(Nc2c(F)cccc2F)cccc1C(=O)O. The molecule has 0 amide bonds. The molecule has 0 radical (unpaired) electrons. The Bertz CT molecular complexity index is 624. The number of nitrogen functional groups attached to an aromatic ring is 1. The van der Waals surface area contributed by atoms with Crippen molar-refractivity contribution in [3.63, 3.8) is 0 Å². The highest BCUT2D eigenvalue weighted by molar-refractivity contribution is 5.97. The van der Waals surface area contributed by atoms with E-state index in [1.165, 1.54) is 24.3 Å². The van der Waals surface area contributed by atoms with E-state index in [0.29, 0.717) is 0 Å². The zero-order chi connectivity index (χ0) is 14.0. The second-order valence-corrected chi connectivity index (χ2v) is 3.79. The van der Waals surface area contributed by atoms with Crippen LogP contribution in [0.2, 0.25) is 0 Å². The first-order chi connectivity index (χ1) is 9.00. The average molecular weight is 264 g/mol. The first kappa shape index (κ1) is 12.8. The molecule has 2 rings (SSSR count). The molecule has 6 heteroatoms. The van der Waals surface area contributed by atoms with Crippen LogP contribution in [0.3, 0.4) is 0 Å². The van der Waals surface area contributed by atoms with Gasteiger partial charge in [-0.25, -0.2) is 13.6 Å². The number of aromatic carboxylic acids is 1. The van der Waals surface area contributed by atoms with Gasteiger partial charge >= 0.3 is 5.97 Å². The Hall–Kier alpha value is -2.63. The molecule has 0 aliphatic carbocycles. The minimum atomic E-state index is -1.21. The molecular weight excluding hydrogens is 254 g/mol. The average Bonchev–Trinajstić information content (AvgIpc) is 2.35. The van der Waals surface area contributed by atoms with Crippen LogP contribution < -0.4 is 11.1 Å². The van der Waals surface area contributed by atoms with E-state index in [1.807, 2.05) is 0 Å². The smallest absolute Gasteiger partial charge is 0.337 e. The van der Waals surface area contributed by atoms with Gasteiger partial charge in [0.15, 0.2) is 0 Å². The topological polar surface area (TPSA) is 75.3 Å². The lowest BCUT2D eigenvalue weighted by Gasteiger charge is -2.12. The molecule has 0 aliphatic rings. The summed E-state index contributed by atoms with van der Waals surface area (Å²) in [6, 6.07) is 7.58. The Morgan fingerprint density at radius 1 is 1.11 bits per heavy atom. The van der Waals surface area contributed by atoms with Crippen LogP contribution in [0.1, 0.15) is 10.4 Å². The third-order valence-corrected chi connectivity index (χ3v) is 2.56. The van der Waals surface area contributed by atoms with Crippen LogP contribution in [0.15, 0.2) is 36.4 Å². The van der Waals surface area contributed by atoms with Crippen molar-refractivity contribution in [2.24, 2.45) is 0 Å². The van der Waals surface area contributed by atoms with Gasteiger partial charge in [-0.15, -0.1) is 0 Å². The van der Waals surface area contributed by atoms with E-state index in [1.54, 1.807) is 0 Å². The minimum absolute atomic E-state index is 0.0855. The van der Waals surface area contributed by atoms with Crippen molar-refractivity contribution in [3.8, 4) is 0 Å². The fourth-order valence-corrected chi connectivity index (χ4v) is 1.61. The van der Waals surface area contributed by atoms with Crippen molar-refractivity contribution in [2.75, 3.05) is 11.1 Å². The summed E-state index contributed by atoms with van der Waals surface area (Å²) in [5, 5.41) is 11.4. The van der Waals surface area contributed by atoms with Gasteiger partial charge in [0.05, 0.1) is 16.9 Å². The van der Waals surface area contributed by atoms with E-state index < -0.39 is 17.6 Å². The summed E-state index contributed by atoms with van der Waals surface area (Å²) < 4.78 is 26.9. The second kappa shape index (κ2) is 4.93. The Morgan fingerprint density at radius 3 is 2.26 bits per heavy atom. The maximum Gasteiger partial charge on any atom is 0.337 e. The summed E-state index contributed by atoms with van der Waals surface area (Å²) in [5.41, 5.74) is 5.17. The summed E-state index contributed by atoms with van der Waals surface area (Å²) in [7, 11) is 0. The number of carboxylic acids is 1. The van der Waals surface area contributed by atoms with E-state index in [9.17, 15) is 13.6 Å². The molecule has 0 aliphatic heterocycles. The predicted molar refractivity (Wildman–Crippen MR) is 67.5 cm³/mol. The summed E-state index contributed by atoms with van der Waals surface area (Å²) in [5.74, 6) is -2.80. The highest BCUT2D eigenvalue weighted by Gasteiger charge is 2.14. The first-order valence-electron chi connectivity index (χ1n) is 5.33. The summed E-state index contributed by atoms with van der Waals surface area (Å²) in [6.07, 6.45) is 0. The van der Waals surface area contributed by atoms with Crippen LogP contribution in [0, 0.1) is 11.6 Å². The molecule has 4 N–H and O–H groups in total. The van der Waals surface area contributed by atoms with Gasteiger partial charge in [-0.05, 0) is 24.3 Å². The minimum Gasteiger partial charge on any atom is -0.478 e. The van der Waals surface area contributed by atoms with Gasteiger partial charge in [0, 0.05) is 0 Å². The number of anilines is 3. The molecule has 2 aromatic rings. The molecule has 0 aromatic heterocycles. The van der Waals surface area contributed by atoms with Gasteiger partial charge in [-0.2, -0.15) is 0 Å². The van der Waals surface area contributed by atoms with Crippen LogP contribution in [0.4, 0.5) is 25.8 Å². The number of halogens is 2. The van der Waals surface area contributed by atoms with Gasteiger partial charge in [-0.1, -0.05) is 12.1 Å². The molecule has 4 nitrogen and oxygen atoms in total. The number of benzene rings is 2. The van der Waals surface area contributed by atoms with Gasteiger partial charge < -0.3 is 16.2 Å². The highest BCUT2D eigenvalue weighted by atomic mass is 19.1. The number of hydrogen-bond donors (Lipinski definition) is 3. The Morgan fingerprint density at radius 2 is 1.68 bits per heavy atom. The van der Waals surface area contributed by atoms with Crippen LogP contribution in [-0.4, -0.2) is 11.1 Å². The second-order valence-electron chi connectivity index (χ2n) is 3.79. The standard InChI is InChI=1S/C13H10F2N2O2/c14-8-4-2-5-9(15)12(8)17-10-6-1-3-7(11(10)16)13(18)19/h1-6,17H,16H2,(H,18,19). The van der Waals surface area contributed by atoms with Crippen LogP contribution >= 0.6 is 0 Å². The third kappa shape index (κ3) is 2.47. The van der Waals surface area contributed by atoms with Crippen molar-refractivity contribution >= 4 is 23.0 Å². The lowest BCUT2D eigenvalue weighted by molar-refractivity contribution is 0.0698. The number of rotatable bonds is 3. The first-order valence-corrected chi connectivity index (χ1v) is 5.33. The molecule has 19 heavy (non-hydrogen) atoms. The fourth-order valence-electron chi connectivity index (χ4n) is 1.61. The maximum atomic E-state index is 13.5. The quantitative estimate of drug-likeness (QED) is 0.745.